The fraction of sp³-hybridized carbons (Fsp3) is 0.308. The first-order valence-electron chi connectivity index (χ1n) is 11.1. The van der Waals surface area contributed by atoms with Gasteiger partial charge in [0.15, 0.2) is 0 Å². The zero-order valence-corrected chi connectivity index (χ0v) is 21.0. The lowest BCUT2D eigenvalue weighted by Gasteiger charge is -2.17. The molecule has 0 spiro atoms. The molecule has 6 nitrogen and oxygen atoms in total. The Morgan fingerprint density at radius 2 is 1.76 bits per heavy atom. The number of esters is 1. The summed E-state index contributed by atoms with van der Waals surface area (Å²) in [6.07, 6.45) is 4.67. The highest BCUT2D eigenvalue weighted by Gasteiger charge is 2.31. The summed E-state index contributed by atoms with van der Waals surface area (Å²) in [6.45, 7) is 1.14. The molecule has 0 aromatic heterocycles. The Morgan fingerprint density at radius 3 is 2.44 bits per heavy atom. The molecule has 1 heterocycles. The van der Waals surface area contributed by atoms with Crippen LogP contribution in [0.5, 0.6) is 0 Å². The number of thioether (sulfide) groups is 1. The molecule has 0 atom stereocenters. The normalized spacial score (nSPS) is 14.5. The second-order valence-corrected chi connectivity index (χ2v) is 9.67. The largest absolute Gasteiger partial charge is 0.465 e. The number of unbranched alkanes of at least 4 members (excludes halogenated alkanes) is 2. The Kier molecular flexibility index (Phi) is 9.42. The highest BCUT2D eigenvalue weighted by molar-refractivity contribution is 8.26. The van der Waals surface area contributed by atoms with Crippen LogP contribution in [0.15, 0.2) is 59.5 Å². The van der Waals surface area contributed by atoms with Gasteiger partial charge < -0.3 is 9.64 Å². The van der Waals surface area contributed by atoms with Crippen molar-refractivity contribution in [3.63, 3.8) is 0 Å². The van der Waals surface area contributed by atoms with E-state index in [1.54, 1.807) is 40.1 Å². The van der Waals surface area contributed by atoms with Crippen molar-refractivity contribution in [3.05, 3.63) is 76.2 Å². The van der Waals surface area contributed by atoms with Crippen LogP contribution in [-0.4, -0.2) is 52.6 Å². The Hall–Kier alpha value is -2.97. The maximum Gasteiger partial charge on any atom is 0.337 e. The van der Waals surface area contributed by atoms with Crippen LogP contribution in [0.1, 0.15) is 47.2 Å². The van der Waals surface area contributed by atoms with Crippen LogP contribution < -0.4 is 0 Å². The molecule has 2 aromatic carbocycles. The van der Waals surface area contributed by atoms with Gasteiger partial charge in [0.1, 0.15) is 4.32 Å². The number of amides is 2. The average molecular weight is 497 g/mol. The van der Waals surface area contributed by atoms with Crippen molar-refractivity contribution in [2.45, 2.75) is 32.2 Å². The highest BCUT2D eigenvalue weighted by atomic mass is 32.2. The lowest BCUT2D eigenvalue weighted by molar-refractivity contribution is -0.130. The summed E-state index contributed by atoms with van der Waals surface area (Å²) >= 11 is 6.68. The number of rotatable bonds is 10. The van der Waals surface area contributed by atoms with Crippen LogP contribution in [0.3, 0.4) is 0 Å². The van der Waals surface area contributed by atoms with Crippen molar-refractivity contribution in [2.24, 2.45) is 0 Å². The molecular formula is C26H28N2O4S2. The molecule has 0 saturated carbocycles. The first-order valence-corrected chi connectivity index (χ1v) is 12.3. The summed E-state index contributed by atoms with van der Waals surface area (Å²) in [5.41, 5.74) is 2.38. The number of carbonyl (C=O) groups excluding carboxylic acids is 3. The fourth-order valence-corrected chi connectivity index (χ4v) is 4.85. The maximum atomic E-state index is 12.8. The minimum absolute atomic E-state index is 0.106. The number of nitrogens with zero attached hydrogens (tertiary/aromatic N) is 2. The molecule has 1 fully saturated rings. The quantitative estimate of drug-likeness (QED) is 0.202. The van der Waals surface area contributed by atoms with E-state index < -0.39 is 5.97 Å². The molecule has 1 saturated heterocycles. The van der Waals surface area contributed by atoms with Crippen molar-refractivity contribution in [3.8, 4) is 0 Å². The van der Waals surface area contributed by atoms with Crippen molar-refractivity contribution in [2.75, 3.05) is 20.7 Å². The maximum absolute atomic E-state index is 12.8. The average Bonchev–Trinajstić information content (AvgIpc) is 3.11. The van der Waals surface area contributed by atoms with Gasteiger partial charge in [-0.1, -0.05) is 72.9 Å². The van der Waals surface area contributed by atoms with Gasteiger partial charge in [-0.2, -0.15) is 0 Å². The van der Waals surface area contributed by atoms with E-state index in [-0.39, 0.29) is 11.8 Å². The monoisotopic (exact) mass is 496 g/mol. The zero-order valence-electron chi connectivity index (χ0n) is 19.4. The van der Waals surface area contributed by atoms with E-state index in [1.165, 1.54) is 18.9 Å². The smallest absolute Gasteiger partial charge is 0.337 e. The van der Waals surface area contributed by atoms with Crippen LogP contribution in [0.25, 0.3) is 6.08 Å². The summed E-state index contributed by atoms with van der Waals surface area (Å²) in [5.74, 6) is -0.385. The second-order valence-electron chi connectivity index (χ2n) is 7.99. The number of benzene rings is 2. The van der Waals surface area contributed by atoms with Gasteiger partial charge in [0.05, 0.1) is 17.6 Å². The minimum atomic E-state index is -0.401. The molecule has 2 amide bonds. The first-order chi connectivity index (χ1) is 16.4. The van der Waals surface area contributed by atoms with Gasteiger partial charge in [-0.05, 0) is 42.2 Å². The summed E-state index contributed by atoms with van der Waals surface area (Å²) < 4.78 is 5.24. The zero-order chi connectivity index (χ0) is 24.5. The van der Waals surface area contributed by atoms with Crippen molar-refractivity contribution < 1.29 is 19.1 Å². The number of hydrogen-bond donors (Lipinski definition) is 0. The molecule has 2 aromatic rings. The topological polar surface area (TPSA) is 66.9 Å². The van der Waals surface area contributed by atoms with Crippen molar-refractivity contribution in [1.29, 1.82) is 0 Å². The van der Waals surface area contributed by atoms with Gasteiger partial charge in [-0.15, -0.1) is 0 Å². The number of thiocarbonyl (C=S) groups is 1. The Morgan fingerprint density at radius 1 is 1.06 bits per heavy atom. The van der Waals surface area contributed by atoms with Gasteiger partial charge in [0.25, 0.3) is 5.91 Å². The van der Waals surface area contributed by atoms with Crippen molar-refractivity contribution in [1.82, 2.24) is 9.80 Å². The van der Waals surface area contributed by atoms with Gasteiger partial charge in [-0.3, -0.25) is 14.5 Å². The molecule has 0 radical (unpaired) electrons. The third kappa shape index (κ3) is 7.01. The SMILES string of the molecule is COC(=O)c1ccc(C=C2SC(=S)N(CCCCCC(=O)N(C)Cc3ccccc3)C2=O)cc1. The molecule has 1 aliphatic rings. The van der Waals surface area contributed by atoms with E-state index in [9.17, 15) is 14.4 Å². The van der Waals surface area contributed by atoms with E-state index in [2.05, 4.69) is 0 Å². The first kappa shape index (κ1) is 25.6. The molecule has 178 valence electrons. The number of ether oxygens (including phenoxy) is 1. The molecule has 0 unspecified atom stereocenters. The molecular weight excluding hydrogens is 468 g/mol. The second kappa shape index (κ2) is 12.5. The van der Waals surface area contributed by atoms with Crippen LogP contribution in [0.2, 0.25) is 0 Å². The standard InChI is InChI=1S/C26H28N2O4S2/c1-27(18-20-9-5-3-6-10-20)23(29)11-7-4-8-16-28-24(30)22(34-26(28)33)17-19-12-14-21(15-13-19)25(31)32-2/h3,5-6,9-10,12-15,17H,4,7-8,11,16,18H2,1-2H3. The van der Waals surface area contributed by atoms with Crippen LogP contribution in [-0.2, 0) is 20.9 Å². The molecule has 0 aliphatic carbocycles. The fourth-order valence-electron chi connectivity index (χ4n) is 3.54. The highest BCUT2D eigenvalue weighted by Crippen LogP contribution is 2.32. The lowest BCUT2D eigenvalue weighted by atomic mass is 10.1. The minimum Gasteiger partial charge on any atom is -0.465 e. The molecule has 0 bridgehead atoms. The van der Waals surface area contributed by atoms with Gasteiger partial charge >= 0.3 is 5.97 Å². The summed E-state index contributed by atoms with van der Waals surface area (Å²) in [5, 5.41) is 0. The van der Waals surface area contributed by atoms with Gasteiger partial charge in [0.2, 0.25) is 5.91 Å². The Bertz CT molecular complexity index is 1070. The van der Waals surface area contributed by atoms with E-state index in [0.717, 1.165) is 30.4 Å². The molecule has 8 heteroatoms. The third-order valence-electron chi connectivity index (χ3n) is 5.46. The molecule has 3 rings (SSSR count). The summed E-state index contributed by atoms with van der Waals surface area (Å²) in [6, 6.07) is 16.8. The third-order valence-corrected chi connectivity index (χ3v) is 6.84. The van der Waals surface area contributed by atoms with Gasteiger partial charge in [-0.25, -0.2) is 4.79 Å². The van der Waals surface area contributed by atoms with Crippen LogP contribution in [0, 0.1) is 0 Å². The molecule has 34 heavy (non-hydrogen) atoms. The van der Waals surface area contributed by atoms with E-state index in [4.69, 9.17) is 17.0 Å². The van der Waals surface area contributed by atoms with Crippen LogP contribution >= 0.6 is 24.0 Å². The molecule has 1 aliphatic heterocycles. The van der Waals surface area contributed by atoms with Crippen LogP contribution in [0.4, 0.5) is 0 Å². The number of carbonyl (C=O) groups is 3. The summed E-state index contributed by atoms with van der Waals surface area (Å²) in [4.78, 5) is 40.7. The Labute approximate surface area is 210 Å². The van der Waals surface area contributed by atoms with Crippen molar-refractivity contribution >= 4 is 52.2 Å². The summed E-state index contributed by atoms with van der Waals surface area (Å²) in [7, 11) is 3.16. The van der Waals surface area contributed by atoms with E-state index >= 15 is 0 Å². The molecule has 0 N–H and O–H groups in total. The predicted octanol–water partition coefficient (Wildman–Crippen LogP) is 4.89. The lowest BCUT2D eigenvalue weighted by Crippen LogP contribution is -2.29. The predicted molar refractivity (Wildman–Crippen MR) is 139 cm³/mol. The van der Waals surface area contributed by atoms with E-state index in [1.807, 2.05) is 37.4 Å². The van der Waals surface area contributed by atoms with Gasteiger partial charge in [0, 0.05) is 26.6 Å². The van der Waals surface area contributed by atoms with E-state index in [0.29, 0.717) is 34.3 Å². The number of hydrogen-bond acceptors (Lipinski definition) is 6. The number of methoxy groups -OCH3 is 1. The Balaban J connectivity index is 1.42.